The molecule has 0 radical (unpaired) electrons. The molecular weight excluding hydrogens is 284 g/mol. The number of H-pyrrole nitrogens is 1. The second-order valence-electron chi connectivity index (χ2n) is 6.25. The van der Waals surface area contributed by atoms with Crippen molar-refractivity contribution in [2.75, 3.05) is 11.9 Å². The molecule has 1 aliphatic carbocycles. The van der Waals surface area contributed by atoms with Crippen LogP contribution in [0, 0.1) is 11.3 Å². The van der Waals surface area contributed by atoms with Gasteiger partial charge >= 0.3 is 0 Å². The van der Waals surface area contributed by atoms with E-state index in [4.69, 9.17) is 0 Å². The van der Waals surface area contributed by atoms with E-state index in [9.17, 15) is 5.26 Å². The minimum Gasteiger partial charge on any atom is -0.305 e. The fraction of sp³-hybridized carbons (Fsp3) is 0.368. The zero-order valence-electron chi connectivity index (χ0n) is 13.4. The zero-order valence-corrected chi connectivity index (χ0v) is 13.4. The average Bonchev–Trinajstić information content (AvgIpc) is 3.19. The standard InChI is InChI=1S/C19H20N4/c1-2-3-11-21-18-14-8-6-7-13(14)15(12-20)19-22-16-9-4-5-10-17(16)23(18)19/h4-5,9-10H,2-3,6-8,11H2,1H3,(H,21,22)/p+1. The number of rotatable bonds is 4. The first-order valence-corrected chi connectivity index (χ1v) is 8.49. The van der Waals surface area contributed by atoms with Crippen molar-refractivity contribution in [1.82, 2.24) is 4.98 Å². The second-order valence-corrected chi connectivity index (χ2v) is 6.25. The highest BCUT2D eigenvalue weighted by Crippen LogP contribution is 2.32. The summed E-state index contributed by atoms with van der Waals surface area (Å²) in [7, 11) is 0. The van der Waals surface area contributed by atoms with Crippen LogP contribution in [0.25, 0.3) is 16.7 Å². The molecule has 1 aromatic carbocycles. The molecule has 4 rings (SSSR count). The molecule has 0 aliphatic heterocycles. The van der Waals surface area contributed by atoms with E-state index in [1.54, 1.807) is 0 Å². The molecule has 4 heteroatoms. The number of imidazole rings is 1. The number of anilines is 1. The van der Waals surface area contributed by atoms with E-state index >= 15 is 0 Å². The predicted molar refractivity (Wildman–Crippen MR) is 91.6 cm³/mol. The number of hydrogen-bond donors (Lipinski definition) is 2. The predicted octanol–water partition coefficient (Wildman–Crippen LogP) is 3.48. The molecule has 0 fully saturated rings. The molecule has 0 amide bonds. The Balaban J connectivity index is 2.06. The summed E-state index contributed by atoms with van der Waals surface area (Å²) in [6, 6.07) is 10.7. The van der Waals surface area contributed by atoms with Gasteiger partial charge in [-0.2, -0.15) is 9.66 Å². The van der Waals surface area contributed by atoms with E-state index in [0.29, 0.717) is 0 Å². The molecule has 0 spiro atoms. The van der Waals surface area contributed by atoms with Crippen LogP contribution in [0.15, 0.2) is 24.3 Å². The van der Waals surface area contributed by atoms with Gasteiger partial charge in [0, 0.05) is 5.56 Å². The number of pyridine rings is 1. The van der Waals surface area contributed by atoms with Crippen molar-refractivity contribution in [3.8, 4) is 6.07 Å². The van der Waals surface area contributed by atoms with Crippen LogP contribution in [0.5, 0.6) is 0 Å². The Morgan fingerprint density at radius 3 is 2.91 bits per heavy atom. The smallest absolute Gasteiger partial charge is 0.250 e. The number of benzene rings is 1. The Morgan fingerprint density at radius 1 is 1.26 bits per heavy atom. The van der Waals surface area contributed by atoms with E-state index < -0.39 is 0 Å². The van der Waals surface area contributed by atoms with E-state index in [0.717, 1.165) is 54.5 Å². The molecular formula is C19H21N4+. The van der Waals surface area contributed by atoms with Gasteiger partial charge in [-0.1, -0.05) is 25.5 Å². The third-order valence-corrected chi connectivity index (χ3v) is 4.82. The molecule has 4 nitrogen and oxygen atoms in total. The van der Waals surface area contributed by atoms with Crippen molar-refractivity contribution in [2.45, 2.75) is 39.0 Å². The molecule has 1 aliphatic rings. The van der Waals surface area contributed by atoms with Crippen molar-refractivity contribution in [2.24, 2.45) is 0 Å². The van der Waals surface area contributed by atoms with E-state index in [1.165, 1.54) is 23.4 Å². The summed E-state index contributed by atoms with van der Waals surface area (Å²) in [4.78, 5) is 3.46. The molecule has 0 saturated carbocycles. The maximum absolute atomic E-state index is 9.73. The zero-order chi connectivity index (χ0) is 15.8. The lowest BCUT2D eigenvalue weighted by molar-refractivity contribution is -0.465. The Kier molecular flexibility index (Phi) is 3.42. The SMILES string of the molecule is CCCCNc1c2c(c(C#N)c3[nH]c4ccccc4[n+]13)CCC2. The van der Waals surface area contributed by atoms with Gasteiger partial charge in [-0.15, -0.1) is 0 Å². The van der Waals surface area contributed by atoms with Gasteiger partial charge < -0.3 is 5.32 Å². The lowest BCUT2D eigenvalue weighted by Gasteiger charge is -2.10. The van der Waals surface area contributed by atoms with Gasteiger partial charge in [0.2, 0.25) is 11.5 Å². The Hall–Kier alpha value is -2.54. The van der Waals surface area contributed by atoms with Gasteiger partial charge in [-0.3, -0.25) is 4.98 Å². The molecule has 3 aromatic rings. The number of nitrogens with zero attached hydrogens (tertiary/aromatic N) is 2. The lowest BCUT2D eigenvalue weighted by atomic mass is 10.1. The van der Waals surface area contributed by atoms with Gasteiger partial charge in [0.15, 0.2) is 0 Å². The van der Waals surface area contributed by atoms with Crippen LogP contribution in [0.4, 0.5) is 5.82 Å². The first-order chi connectivity index (χ1) is 11.3. The number of hydrogen-bond acceptors (Lipinski definition) is 2. The van der Waals surface area contributed by atoms with Crippen molar-refractivity contribution in [3.63, 3.8) is 0 Å². The molecule has 0 unspecified atom stereocenters. The molecule has 2 aromatic heterocycles. The quantitative estimate of drug-likeness (QED) is 0.573. The van der Waals surface area contributed by atoms with Crippen LogP contribution in [0.3, 0.4) is 0 Å². The highest BCUT2D eigenvalue weighted by Gasteiger charge is 2.29. The Morgan fingerprint density at radius 2 is 2.09 bits per heavy atom. The summed E-state index contributed by atoms with van der Waals surface area (Å²) < 4.78 is 2.22. The Labute approximate surface area is 135 Å². The largest absolute Gasteiger partial charge is 0.305 e. The van der Waals surface area contributed by atoms with Gasteiger partial charge in [0.25, 0.3) is 0 Å². The van der Waals surface area contributed by atoms with Crippen LogP contribution < -0.4 is 9.72 Å². The minimum absolute atomic E-state index is 0.815. The summed E-state index contributed by atoms with van der Waals surface area (Å²) in [6.07, 6.45) is 5.53. The number of nitrogens with one attached hydrogen (secondary N) is 2. The van der Waals surface area contributed by atoms with Gasteiger partial charge in [-0.25, -0.2) is 0 Å². The third-order valence-electron chi connectivity index (χ3n) is 4.82. The Bertz CT molecular complexity index is 930. The number of aromatic nitrogens is 2. The fourth-order valence-electron chi connectivity index (χ4n) is 3.73. The third kappa shape index (κ3) is 2.08. The van der Waals surface area contributed by atoms with Crippen LogP contribution in [-0.2, 0) is 12.8 Å². The van der Waals surface area contributed by atoms with Gasteiger partial charge in [0.05, 0.1) is 6.54 Å². The van der Waals surface area contributed by atoms with Crippen LogP contribution in [-0.4, -0.2) is 11.5 Å². The number of fused-ring (bicyclic) bond motifs is 4. The number of unbranched alkanes of at least 4 members (excludes halogenated alkanes) is 1. The van der Waals surface area contributed by atoms with Gasteiger partial charge in [0.1, 0.15) is 22.7 Å². The fourth-order valence-corrected chi connectivity index (χ4v) is 3.73. The van der Waals surface area contributed by atoms with E-state index in [-0.39, 0.29) is 0 Å². The molecule has 0 atom stereocenters. The van der Waals surface area contributed by atoms with Crippen molar-refractivity contribution >= 4 is 22.5 Å². The monoisotopic (exact) mass is 305 g/mol. The summed E-state index contributed by atoms with van der Waals surface area (Å²) in [5.74, 6) is 1.18. The maximum Gasteiger partial charge on any atom is 0.250 e. The molecule has 0 saturated heterocycles. The van der Waals surface area contributed by atoms with Crippen LogP contribution >= 0.6 is 0 Å². The normalized spacial score (nSPS) is 13.4. The topological polar surface area (TPSA) is 55.7 Å². The molecule has 2 heterocycles. The summed E-state index contributed by atoms with van der Waals surface area (Å²) in [5, 5.41) is 13.4. The summed E-state index contributed by atoms with van der Waals surface area (Å²) in [6.45, 7) is 3.18. The van der Waals surface area contributed by atoms with E-state index in [2.05, 4.69) is 45.9 Å². The number of para-hydroxylation sites is 2. The summed E-state index contributed by atoms with van der Waals surface area (Å²) >= 11 is 0. The number of aromatic amines is 1. The van der Waals surface area contributed by atoms with E-state index in [1.807, 2.05) is 6.07 Å². The second kappa shape index (κ2) is 5.58. The maximum atomic E-state index is 9.73. The number of nitriles is 1. The van der Waals surface area contributed by atoms with Crippen LogP contribution in [0.2, 0.25) is 0 Å². The molecule has 0 bridgehead atoms. The lowest BCUT2D eigenvalue weighted by Crippen LogP contribution is -2.29. The molecule has 116 valence electrons. The molecule has 2 N–H and O–H groups in total. The first-order valence-electron chi connectivity index (χ1n) is 8.49. The van der Waals surface area contributed by atoms with Crippen molar-refractivity contribution in [1.29, 1.82) is 5.26 Å². The molecule has 23 heavy (non-hydrogen) atoms. The minimum atomic E-state index is 0.815. The first kappa shape index (κ1) is 14.1. The van der Waals surface area contributed by atoms with Crippen molar-refractivity contribution in [3.05, 3.63) is 41.0 Å². The highest BCUT2D eigenvalue weighted by atomic mass is 15.1. The van der Waals surface area contributed by atoms with Gasteiger partial charge in [-0.05, 0) is 43.4 Å². The average molecular weight is 305 g/mol. The van der Waals surface area contributed by atoms with Crippen LogP contribution in [0.1, 0.15) is 42.9 Å². The summed E-state index contributed by atoms with van der Waals surface area (Å²) in [5.41, 5.74) is 6.51. The highest BCUT2D eigenvalue weighted by molar-refractivity contribution is 5.78. The van der Waals surface area contributed by atoms with Crippen molar-refractivity contribution < 1.29 is 4.40 Å².